The maximum Gasteiger partial charge on any atom is 0.251 e. The summed E-state index contributed by atoms with van der Waals surface area (Å²) < 4.78 is 0. The van der Waals surface area contributed by atoms with Crippen LogP contribution in [0.2, 0.25) is 0 Å². The zero-order chi connectivity index (χ0) is 12.4. The van der Waals surface area contributed by atoms with Gasteiger partial charge in [0.15, 0.2) is 0 Å². The summed E-state index contributed by atoms with van der Waals surface area (Å²) in [5, 5.41) is 10.1. The highest BCUT2D eigenvalue weighted by Crippen LogP contribution is 2.19. The molecule has 1 unspecified atom stereocenters. The van der Waals surface area contributed by atoms with Crippen LogP contribution in [-0.4, -0.2) is 22.1 Å². The van der Waals surface area contributed by atoms with Crippen LogP contribution in [0, 0.1) is 0 Å². The van der Waals surface area contributed by atoms with Crippen molar-refractivity contribution in [2.24, 2.45) is 0 Å². The number of carbonyl (C=O) groups is 1. The van der Waals surface area contributed by atoms with Crippen LogP contribution in [0.4, 0.5) is 0 Å². The molecule has 18 heavy (non-hydrogen) atoms. The fourth-order valence-corrected chi connectivity index (χ4v) is 2.39. The molecule has 1 atom stereocenters. The van der Waals surface area contributed by atoms with Gasteiger partial charge in [0.25, 0.3) is 5.91 Å². The number of amides is 1. The van der Waals surface area contributed by atoms with Gasteiger partial charge in [0, 0.05) is 23.7 Å². The number of rotatable bonds is 2. The van der Waals surface area contributed by atoms with Crippen LogP contribution in [-0.2, 0) is 12.8 Å². The van der Waals surface area contributed by atoms with Crippen LogP contribution >= 0.6 is 0 Å². The number of aryl methyl sites for hydroxylation is 1. The van der Waals surface area contributed by atoms with Crippen molar-refractivity contribution in [3.05, 3.63) is 53.3 Å². The van der Waals surface area contributed by atoms with Crippen LogP contribution in [0.25, 0.3) is 0 Å². The lowest BCUT2D eigenvalue weighted by molar-refractivity contribution is 0.0933. The second-order valence-electron chi connectivity index (χ2n) is 4.65. The van der Waals surface area contributed by atoms with Crippen LogP contribution in [0.3, 0.4) is 0 Å². The predicted molar refractivity (Wildman–Crippen MR) is 68.3 cm³/mol. The number of hydrogen-bond acceptors (Lipinski definition) is 2. The summed E-state index contributed by atoms with van der Waals surface area (Å²) in [6, 6.07) is 9.53. The Bertz CT molecular complexity index is 547. The summed E-state index contributed by atoms with van der Waals surface area (Å²) in [6.07, 6.45) is 4.68. The molecule has 1 aliphatic rings. The fraction of sp³-hybridized carbons (Fsp3) is 0.286. The van der Waals surface area contributed by atoms with Gasteiger partial charge >= 0.3 is 0 Å². The summed E-state index contributed by atoms with van der Waals surface area (Å²) in [5.41, 5.74) is 3.15. The van der Waals surface area contributed by atoms with Crippen molar-refractivity contribution in [1.29, 1.82) is 0 Å². The molecule has 2 aromatic rings. The van der Waals surface area contributed by atoms with E-state index in [1.54, 1.807) is 0 Å². The van der Waals surface area contributed by atoms with E-state index >= 15 is 0 Å². The minimum atomic E-state index is 0.00330. The third kappa shape index (κ3) is 2.14. The average molecular weight is 241 g/mol. The molecule has 0 radical (unpaired) electrons. The molecule has 0 saturated heterocycles. The first kappa shape index (κ1) is 11.0. The molecule has 0 spiro atoms. The van der Waals surface area contributed by atoms with Crippen molar-refractivity contribution in [3.8, 4) is 0 Å². The average Bonchev–Trinajstić information content (AvgIpc) is 2.87. The Morgan fingerprint density at radius 3 is 3.00 bits per heavy atom. The van der Waals surface area contributed by atoms with E-state index in [9.17, 15) is 4.79 Å². The Balaban J connectivity index is 1.67. The molecule has 4 heteroatoms. The number of carbonyl (C=O) groups excluding carboxylic acids is 1. The van der Waals surface area contributed by atoms with Crippen LogP contribution in [0.1, 0.15) is 28.0 Å². The highest BCUT2D eigenvalue weighted by molar-refractivity contribution is 5.94. The molecule has 1 aromatic carbocycles. The first-order chi connectivity index (χ1) is 8.83. The van der Waals surface area contributed by atoms with E-state index < -0.39 is 0 Å². The lowest BCUT2D eigenvalue weighted by Crippen LogP contribution is -2.38. The SMILES string of the molecule is O=C(NC1CCc2cn[nH]c2C1)c1ccccc1. The third-order valence-corrected chi connectivity index (χ3v) is 3.39. The zero-order valence-corrected chi connectivity index (χ0v) is 10.0. The predicted octanol–water partition coefficient (Wildman–Crippen LogP) is 1.70. The molecule has 4 nitrogen and oxygen atoms in total. The largest absolute Gasteiger partial charge is 0.349 e. The van der Waals surface area contributed by atoms with Gasteiger partial charge in [0.05, 0.1) is 6.20 Å². The molecule has 1 aromatic heterocycles. The Kier molecular flexibility index (Phi) is 2.84. The van der Waals surface area contributed by atoms with Gasteiger partial charge in [-0.3, -0.25) is 9.89 Å². The molecule has 92 valence electrons. The molecule has 0 fully saturated rings. The van der Waals surface area contributed by atoms with Crippen molar-refractivity contribution >= 4 is 5.91 Å². The molecule has 2 N–H and O–H groups in total. The molecule has 0 bridgehead atoms. The lowest BCUT2D eigenvalue weighted by Gasteiger charge is -2.22. The normalized spacial score (nSPS) is 18.1. The maximum absolute atomic E-state index is 12.0. The molecule has 1 amide bonds. The van der Waals surface area contributed by atoms with Crippen LogP contribution < -0.4 is 5.32 Å². The number of H-pyrrole nitrogens is 1. The second kappa shape index (κ2) is 4.64. The summed E-state index contributed by atoms with van der Waals surface area (Å²) in [4.78, 5) is 12.0. The molecular formula is C14H15N3O. The van der Waals surface area contributed by atoms with Crippen molar-refractivity contribution in [1.82, 2.24) is 15.5 Å². The Labute approximate surface area is 105 Å². The fourth-order valence-electron chi connectivity index (χ4n) is 2.39. The van der Waals surface area contributed by atoms with Gasteiger partial charge in [0.1, 0.15) is 0 Å². The van der Waals surface area contributed by atoms with Crippen LogP contribution in [0.5, 0.6) is 0 Å². The summed E-state index contributed by atoms with van der Waals surface area (Å²) in [5.74, 6) is 0.00330. The summed E-state index contributed by atoms with van der Waals surface area (Å²) in [6.45, 7) is 0. The number of hydrogen-bond donors (Lipinski definition) is 2. The van der Waals surface area contributed by atoms with E-state index in [-0.39, 0.29) is 11.9 Å². The first-order valence-electron chi connectivity index (χ1n) is 6.20. The molecule has 0 saturated carbocycles. The number of nitrogens with zero attached hydrogens (tertiary/aromatic N) is 1. The molecule has 1 heterocycles. The van der Waals surface area contributed by atoms with E-state index in [1.807, 2.05) is 36.5 Å². The smallest absolute Gasteiger partial charge is 0.251 e. The van der Waals surface area contributed by atoms with Gasteiger partial charge < -0.3 is 5.32 Å². The topological polar surface area (TPSA) is 57.8 Å². The van der Waals surface area contributed by atoms with Crippen molar-refractivity contribution in [3.63, 3.8) is 0 Å². The Morgan fingerprint density at radius 2 is 2.17 bits per heavy atom. The van der Waals surface area contributed by atoms with Gasteiger partial charge in [-0.05, 0) is 30.5 Å². The molecule has 3 rings (SSSR count). The minimum absolute atomic E-state index is 0.00330. The summed E-state index contributed by atoms with van der Waals surface area (Å²) >= 11 is 0. The number of aromatic nitrogens is 2. The van der Waals surface area contributed by atoms with E-state index in [0.29, 0.717) is 5.56 Å². The zero-order valence-electron chi connectivity index (χ0n) is 10.0. The van der Waals surface area contributed by atoms with E-state index in [0.717, 1.165) is 25.0 Å². The lowest BCUT2D eigenvalue weighted by atomic mass is 9.93. The Morgan fingerprint density at radius 1 is 1.33 bits per heavy atom. The number of aromatic amines is 1. The minimum Gasteiger partial charge on any atom is -0.349 e. The first-order valence-corrected chi connectivity index (χ1v) is 6.20. The van der Waals surface area contributed by atoms with Gasteiger partial charge in [-0.2, -0.15) is 5.10 Å². The van der Waals surface area contributed by atoms with Gasteiger partial charge in [-0.25, -0.2) is 0 Å². The van der Waals surface area contributed by atoms with Gasteiger partial charge in [0.2, 0.25) is 0 Å². The van der Waals surface area contributed by atoms with Crippen LogP contribution in [0.15, 0.2) is 36.5 Å². The van der Waals surface area contributed by atoms with Gasteiger partial charge in [-0.1, -0.05) is 18.2 Å². The highest BCUT2D eigenvalue weighted by atomic mass is 16.1. The molecular weight excluding hydrogens is 226 g/mol. The maximum atomic E-state index is 12.0. The summed E-state index contributed by atoms with van der Waals surface area (Å²) in [7, 11) is 0. The van der Waals surface area contributed by atoms with Crippen molar-refractivity contribution < 1.29 is 4.79 Å². The van der Waals surface area contributed by atoms with Crippen molar-refractivity contribution in [2.45, 2.75) is 25.3 Å². The number of benzene rings is 1. The standard InChI is InChI=1S/C14H15N3O/c18-14(10-4-2-1-3-5-10)16-12-7-6-11-9-15-17-13(11)8-12/h1-5,9,12H,6-8H2,(H,15,17)(H,16,18). The molecule has 1 aliphatic carbocycles. The third-order valence-electron chi connectivity index (χ3n) is 3.39. The monoisotopic (exact) mass is 241 g/mol. The second-order valence-corrected chi connectivity index (χ2v) is 4.65. The van der Waals surface area contributed by atoms with E-state index in [4.69, 9.17) is 0 Å². The highest BCUT2D eigenvalue weighted by Gasteiger charge is 2.21. The van der Waals surface area contributed by atoms with Gasteiger partial charge in [-0.15, -0.1) is 0 Å². The molecule has 0 aliphatic heterocycles. The quantitative estimate of drug-likeness (QED) is 0.840. The van der Waals surface area contributed by atoms with E-state index in [2.05, 4.69) is 15.5 Å². The van der Waals surface area contributed by atoms with Crippen molar-refractivity contribution in [2.75, 3.05) is 0 Å². The number of fused-ring (bicyclic) bond motifs is 1. The number of nitrogens with one attached hydrogen (secondary N) is 2. The van der Waals surface area contributed by atoms with E-state index in [1.165, 1.54) is 5.56 Å². The Hall–Kier alpha value is -2.10.